The van der Waals surface area contributed by atoms with Gasteiger partial charge in [-0.1, -0.05) is 20.8 Å². The number of nitrogen functional groups attached to an aromatic ring is 1. The van der Waals surface area contributed by atoms with Gasteiger partial charge in [0.1, 0.15) is 5.82 Å². The van der Waals surface area contributed by atoms with Gasteiger partial charge >= 0.3 is 0 Å². The number of imidazole rings is 1. The third-order valence-corrected chi connectivity index (χ3v) is 2.82. The predicted octanol–water partition coefficient (Wildman–Crippen LogP) is 2.94. The SMILES string of the molecule is CC(C)(C)CC(C)(C)Nc1nc(N)cn2ccnc12. The molecule has 0 saturated carbocycles. The molecule has 0 atom stereocenters. The van der Waals surface area contributed by atoms with E-state index in [1.807, 2.05) is 10.6 Å². The van der Waals surface area contributed by atoms with E-state index in [0.717, 1.165) is 17.9 Å². The Balaban J connectivity index is 2.32. The summed E-state index contributed by atoms with van der Waals surface area (Å²) in [5, 5.41) is 3.47. The molecule has 0 amide bonds. The number of anilines is 2. The monoisotopic (exact) mass is 261 g/mol. The zero-order valence-corrected chi connectivity index (χ0v) is 12.4. The van der Waals surface area contributed by atoms with Crippen molar-refractivity contribution in [3.63, 3.8) is 0 Å². The summed E-state index contributed by atoms with van der Waals surface area (Å²) < 4.78 is 1.89. The van der Waals surface area contributed by atoms with Gasteiger partial charge in [0.2, 0.25) is 0 Å². The highest BCUT2D eigenvalue weighted by molar-refractivity contribution is 5.65. The van der Waals surface area contributed by atoms with E-state index < -0.39 is 0 Å². The van der Waals surface area contributed by atoms with Crippen LogP contribution in [0.4, 0.5) is 11.6 Å². The van der Waals surface area contributed by atoms with Crippen molar-refractivity contribution >= 4 is 17.3 Å². The first-order chi connectivity index (χ1) is 8.66. The first-order valence-electron chi connectivity index (χ1n) is 6.54. The Morgan fingerprint density at radius 2 is 1.95 bits per heavy atom. The lowest BCUT2D eigenvalue weighted by Crippen LogP contribution is -2.36. The summed E-state index contributed by atoms with van der Waals surface area (Å²) in [6.45, 7) is 11.0. The predicted molar refractivity (Wildman–Crippen MR) is 79.2 cm³/mol. The number of aromatic nitrogens is 3. The summed E-state index contributed by atoms with van der Waals surface area (Å²) in [6.07, 6.45) is 6.40. The molecule has 0 radical (unpaired) electrons. The van der Waals surface area contributed by atoms with Gasteiger partial charge in [-0.2, -0.15) is 0 Å². The molecule has 104 valence electrons. The van der Waals surface area contributed by atoms with Crippen molar-refractivity contribution in [2.45, 2.75) is 46.6 Å². The summed E-state index contributed by atoms with van der Waals surface area (Å²) in [5.41, 5.74) is 6.79. The minimum atomic E-state index is -0.0779. The maximum atomic E-state index is 5.83. The van der Waals surface area contributed by atoms with Crippen molar-refractivity contribution in [2.24, 2.45) is 5.41 Å². The van der Waals surface area contributed by atoms with Crippen molar-refractivity contribution in [1.29, 1.82) is 0 Å². The van der Waals surface area contributed by atoms with Crippen LogP contribution < -0.4 is 11.1 Å². The minimum absolute atomic E-state index is 0.0779. The lowest BCUT2D eigenvalue weighted by molar-refractivity contribution is 0.302. The van der Waals surface area contributed by atoms with Crippen LogP contribution in [0.5, 0.6) is 0 Å². The van der Waals surface area contributed by atoms with E-state index >= 15 is 0 Å². The summed E-state index contributed by atoms with van der Waals surface area (Å²) in [6, 6.07) is 0. The van der Waals surface area contributed by atoms with Gasteiger partial charge in [0.25, 0.3) is 0 Å². The average Bonchev–Trinajstić information content (AvgIpc) is 2.59. The summed E-state index contributed by atoms with van der Waals surface area (Å²) in [4.78, 5) is 8.69. The van der Waals surface area contributed by atoms with Crippen LogP contribution in [0.15, 0.2) is 18.6 Å². The Morgan fingerprint density at radius 1 is 1.26 bits per heavy atom. The maximum Gasteiger partial charge on any atom is 0.180 e. The highest BCUT2D eigenvalue weighted by atomic mass is 15.1. The molecule has 0 aromatic carbocycles. The average molecular weight is 261 g/mol. The summed E-state index contributed by atoms with van der Waals surface area (Å²) in [7, 11) is 0. The molecule has 0 aliphatic rings. The van der Waals surface area contributed by atoms with Crippen LogP contribution in [-0.4, -0.2) is 19.9 Å². The van der Waals surface area contributed by atoms with Crippen molar-refractivity contribution in [3.05, 3.63) is 18.6 Å². The number of nitrogens with two attached hydrogens (primary N) is 1. The molecule has 2 rings (SSSR count). The van der Waals surface area contributed by atoms with Gasteiger partial charge in [-0.15, -0.1) is 0 Å². The van der Waals surface area contributed by atoms with Crippen molar-refractivity contribution < 1.29 is 0 Å². The van der Waals surface area contributed by atoms with Crippen molar-refractivity contribution in [2.75, 3.05) is 11.1 Å². The first kappa shape index (κ1) is 13.6. The molecule has 0 saturated heterocycles. The van der Waals surface area contributed by atoms with E-state index in [4.69, 9.17) is 5.73 Å². The molecular weight excluding hydrogens is 238 g/mol. The quantitative estimate of drug-likeness (QED) is 0.891. The lowest BCUT2D eigenvalue weighted by Gasteiger charge is -2.33. The van der Waals surface area contributed by atoms with E-state index in [0.29, 0.717) is 5.82 Å². The second kappa shape index (κ2) is 4.40. The van der Waals surface area contributed by atoms with Crippen LogP contribution in [0.3, 0.4) is 0 Å². The second-order valence-electron chi connectivity index (χ2n) is 6.92. The van der Waals surface area contributed by atoms with Crippen LogP contribution in [0.25, 0.3) is 5.65 Å². The number of nitrogens with one attached hydrogen (secondary N) is 1. The number of fused-ring (bicyclic) bond motifs is 1. The Labute approximate surface area is 114 Å². The second-order valence-corrected chi connectivity index (χ2v) is 6.92. The normalized spacial score (nSPS) is 12.9. The van der Waals surface area contributed by atoms with Gasteiger partial charge in [0, 0.05) is 17.9 Å². The molecule has 0 aliphatic carbocycles. The van der Waals surface area contributed by atoms with E-state index in [-0.39, 0.29) is 11.0 Å². The lowest BCUT2D eigenvalue weighted by atomic mass is 9.82. The molecule has 0 aliphatic heterocycles. The van der Waals surface area contributed by atoms with E-state index in [2.05, 4.69) is 49.9 Å². The molecule has 2 heterocycles. The van der Waals surface area contributed by atoms with Gasteiger partial charge in [-0.25, -0.2) is 9.97 Å². The molecule has 5 heteroatoms. The molecule has 3 N–H and O–H groups in total. The first-order valence-corrected chi connectivity index (χ1v) is 6.54. The van der Waals surface area contributed by atoms with Gasteiger partial charge in [-0.3, -0.25) is 0 Å². The molecule has 0 unspecified atom stereocenters. The molecule has 5 nitrogen and oxygen atoms in total. The minimum Gasteiger partial charge on any atom is -0.382 e. The number of hydrogen-bond acceptors (Lipinski definition) is 4. The van der Waals surface area contributed by atoms with Gasteiger partial charge < -0.3 is 15.5 Å². The molecular formula is C14H23N5. The zero-order valence-electron chi connectivity index (χ0n) is 12.4. The maximum absolute atomic E-state index is 5.83. The van der Waals surface area contributed by atoms with Gasteiger partial charge in [-0.05, 0) is 25.7 Å². The fraction of sp³-hybridized carbons (Fsp3) is 0.571. The third kappa shape index (κ3) is 3.36. The van der Waals surface area contributed by atoms with Crippen molar-refractivity contribution in [1.82, 2.24) is 14.4 Å². The topological polar surface area (TPSA) is 68.2 Å². The van der Waals surface area contributed by atoms with E-state index in [1.54, 1.807) is 12.4 Å². The third-order valence-electron chi connectivity index (χ3n) is 2.82. The molecule has 0 fully saturated rings. The van der Waals surface area contributed by atoms with Crippen LogP contribution in [0, 0.1) is 5.41 Å². The number of hydrogen-bond donors (Lipinski definition) is 2. The summed E-state index contributed by atoms with van der Waals surface area (Å²) in [5.74, 6) is 1.22. The standard InChI is InChI=1S/C14H23N5/c1-13(2,3)9-14(4,5)18-11-12-16-6-7-19(12)8-10(15)17-11/h6-8H,9,15H2,1-5H3,(H,17,18). The number of nitrogens with zero attached hydrogens (tertiary/aromatic N) is 3. The highest BCUT2D eigenvalue weighted by Gasteiger charge is 2.26. The van der Waals surface area contributed by atoms with Gasteiger partial charge in [0.05, 0.1) is 6.20 Å². The zero-order chi connectivity index (χ0) is 14.3. The smallest absolute Gasteiger partial charge is 0.180 e. The molecule has 0 bridgehead atoms. The van der Waals surface area contributed by atoms with Crippen LogP contribution >= 0.6 is 0 Å². The molecule has 0 spiro atoms. The molecule has 19 heavy (non-hydrogen) atoms. The largest absolute Gasteiger partial charge is 0.382 e. The Hall–Kier alpha value is -1.78. The Kier molecular flexibility index (Phi) is 3.16. The Bertz CT molecular complexity index is 577. The van der Waals surface area contributed by atoms with E-state index in [1.165, 1.54) is 0 Å². The molecule has 2 aromatic rings. The Morgan fingerprint density at radius 3 is 2.58 bits per heavy atom. The fourth-order valence-electron chi connectivity index (χ4n) is 2.73. The summed E-state index contributed by atoms with van der Waals surface area (Å²) >= 11 is 0. The van der Waals surface area contributed by atoms with Crippen LogP contribution in [0.2, 0.25) is 0 Å². The van der Waals surface area contributed by atoms with Gasteiger partial charge in [0.15, 0.2) is 11.5 Å². The van der Waals surface area contributed by atoms with Crippen molar-refractivity contribution in [3.8, 4) is 0 Å². The van der Waals surface area contributed by atoms with Crippen LogP contribution in [-0.2, 0) is 0 Å². The number of rotatable bonds is 3. The molecule has 2 aromatic heterocycles. The highest BCUT2D eigenvalue weighted by Crippen LogP contribution is 2.30. The van der Waals surface area contributed by atoms with Crippen LogP contribution in [0.1, 0.15) is 41.0 Å². The fourth-order valence-corrected chi connectivity index (χ4v) is 2.73. The van der Waals surface area contributed by atoms with E-state index in [9.17, 15) is 0 Å².